The number of likely N-dealkylation sites (N-methyl/N-ethyl adjacent to an activating group) is 1. The van der Waals surface area contributed by atoms with Crippen LogP contribution in [0.4, 0.5) is 4.79 Å². The summed E-state index contributed by atoms with van der Waals surface area (Å²) in [6, 6.07) is 15.4. The van der Waals surface area contributed by atoms with Crippen molar-refractivity contribution in [1.82, 2.24) is 10.2 Å². The first-order chi connectivity index (χ1) is 16.4. The molecule has 1 saturated carbocycles. The summed E-state index contributed by atoms with van der Waals surface area (Å²) in [4.78, 5) is 38.4. The maximum atomic E-state index is 13.0. The van der Waals surface area contributed by atoms with Crippen molar-refractivity contribution in [3.63, 3.8) is 0 Å². The van der Waals surface area contributed by atoms with Crippen LogP contribution in [0.25, 0.3) is 11.1 Å². The number of rotatable bonds is 7. The first-order valence-corrected chi connectivity index (χ1v) is 12.1. The monoisotopic (exact) mass is 464 g/mol. The van der Waals surface area contributed by atoms with Crippen molar-refractivity contribution in [3.8, 4) is 11.1 Å². The van der Waals surface area contributed by atoms with Gasteiger partial charge in [-0.15, -0.1) is 0 Å². The zero-order valence-electron chi connectivity index (χ0n) is 19.7. The summed E-state index contributed by atoms with van der Waals surface area (Å²) in [6.45, 7) is 3.90. The number of nitrogens with zero attached hydrogens (tertiary/aromatic N) is 1. The van der Waals surface area contributed by atoms with Gasteiger partial charge in [0.25, 0.3) is 0 Å². The number of nitrogens with one attached hydrogen (secondary N) is 1. The second kappa shape index (κ2) is 10.3. The average Bonchev–Trinajstić information content (AvgIpc) is 3.17. The number of amides is 2. The molecule has 2 aromatic carbocycles. The molecule has 2 amide bonds. The van der Waals surface area contributed by atoms with E-state index in [0.29, 0.717) is 19.4 Å². The van der Waals surface area contributed by atoms with Gasteiger partial charge in [0.05, 0.1) is 0 Å². The van der Waals surface area contributed by atoms with Crippen LogP contribution < -0.4 is 5.32 Å². The Hall–Kier alpha value is -3.35. The molecule has 7 heteroatoms. The van der Waals surface area contributed by atoms with Crippen molar-refractivity contribution >= 4 is 18.0 Å². The third kappa shape index (κ3) is 4.79. The summed E-state index contributed by atoms with van der Waals surface area (Å²) in [5, 5.41) is 12.2. The number of carboxylic acid groups (broad SMARTS) is 1. The Labute approximate surface area is 200 Å². The molecule has 0 bridgehead atoms. The van der Waals surface area contributed by atoms with Gasteiger partial charge in [0.2, 0.25) is 5.91 Å². The van der Waals surface area contributed by atoms with Crippen LogP contribution in [-0.2, 0) is 14.3 Å². The van der Waals surface area contributed by atoms with Gasteiger partial charge in [0, 0.05) is 24.4 Å². The van der Waals surface area contributed by atoms with Gasteiger partial charge < -0.3 is 20.1 Å². The third-order valence-corrected chi connectivity index (χ3v) is 7.14. The van der Waals surface area contributed by atoms with E-state index in [0.717, 1.165) is 24.0 Å². The fourth-order valence-electron chi connectivity index (χ4n) is 5.34. The number of alkyl carbamates (subject to hydrolysis) is 1. The Bertz CT molecular complexity index is 1020. The first-order valence-electron chi connectivity index (χ1n) is 12.1. The minimum atomic E-state index is -1.01. The summed E-state index contributed by atoms with van der Waals surface area (Å²) in [7, 11) is 0. The highest BCUT2D eigenvalue weighted by atomic mass is 16.5. The van der Waals surface area contributed by atoms with Crippen molar-refractivity contribution < 1.29 is 24.2 Å². The van der Waals surface area contributed by atoms with E-state index in [9.17, 15) is 19.5 Å². The second-order valence-electron chi connectivity index (χ2n) is 9.17. The fraction of sp³-hybridized carbons (Fsp3) is 0.444. The lowest BCUT2D eigenvalue weighted by molar-refractivity contribution is -0.151. The van der Waals surface area contributed by atoms with Crippen LogP contribution in [0.2, 0.25) is 0 Å². The molecule has 1 fully saturated rings. The van der Waals surface area contributed by atoms with Crippen LogP contribution >= 0.6 is 0 Å². The predicted molar refractivity (Wildman–Crippen MR) is 128 cm³/mol. The summed E-state index contributed by atoms with van der Waals surface area (Å²) >= 11 is 0. The Morgan fingerprint density at radius 2 is 1.68 bits per heavy atom. The van der Waals surface area contributed by atoms with Gasteiger partial charge in [-0.25, -0.2) is 9.59 Å². The van der Waals surface area contributed by atoms with Crippen LogP contribution in [-0.4, -0.2) is 53.2 Å². The molecule has 0 aliphatic heterocycles. The average molecular weight is 465 g/mol. The first kappa shape index (κ1) is 23.8. The van der Waals surface area contributed by atoms with Gasteiger partial charge in [-0.05, 0) is 55.4 Å². The van der Waals surface area contributed by atoms with Gasteiger partial charge in [0.1, 0.15) is 12.6 Å². The van der Waals surface area contributed by atoms with Crippen LogP contribution in [0.1, 0.15) is 56.6 Å². The SMILES string of the molecule is CCN(C(=O)C1CCCC(NC(=O)OCC2c3ccccc3-c3ccccc32)C1)C(C)C(=O)O. The number of carbonyl (C=O) groups excluding carboxylic acids is 2. The number of fused-ring (bicyclic) bond motifs is 3. The molecule has 2 aliphatic carbocycles. The van der Waals surface area contributed by atoms with Crippen LogP contribution in [0.15, 0.2) is 48.5 Å². The van der Waals surface area contributed by atoms with Crippen LogP contribution in [0, 0.1) is 5.92 Å². The van der Waals surface area contributed by atoms with Crippen molar-refractivity contribution in [2.75, 3.05) is 13.2 Å². The zero-order chi connectivity index (χ0) is 24.2. The minimum absolute atomic E-state index is 0.00514. The van der Waals surface area contributed by atoms with E-state index < -0.39 is 18.1 Å². The highest BCUT2D eigenvalue weighted by Crippen LogP contribution is 2.44. The molecule has 180 valence electrons. The number of hydrogen-bond donors (Lipinski definition) is 2. The maximum absolute atomic E-state index is 13.0. The fourth-order valence-corrected chi connectivity index (χ4v) is 5.34. The standard InChI is InChI=1S/C27H32N2O5/c1-3-29(17(2)26(31)32)25(30)18-9-8-10-19(15-18)28-27(33)34-16-24-22-13-6-4-11-20(22)21-12-5-7-14-23(21)24/h4-7,11-14,17-19,24H,3,8-10,15-16H2,1-2H3,(H,28,33)(H,31,32). The molecule has 0 radical (unpaired) electrons. The van der Waals surface area contributed by atoms with Crippen LogP contribution in [0.3, 0.4) is 0 Å². The molecule has 7 nitrogen and oxygen atoms in total. The number of aliphatic carboxylic acids is 1. The summed E-state index contributed by atoms with van der Waals surface area (Å²) < 4.78 is 5.65. The van der Waals surface area contributed by atoms with Crippen molar-refractivity contribution in [2.45, 2.75) is 57.5 Å². The molecule has 2 N–H and O–H groups in total. The van der Waals surface area contributed by atoms with Gasteiger partial charge in [0.15, 0.2) is 0 Å². The molecular weight excluding hydrogens is 432 g/mol. The van der Waals surface area contributed by atoms with Crippen molar-refractivity contribution in [2.24, 2.45) is 5.92 Å². The summed E-state index contributed by atoms with van der Waals surface area (Å²) in [5.41, 5.74) is 4.67. The number of hydrogen-bond acceptors (Lipinski definition) is 4. The zero-order valence-corrected chi connectivity index (χ0v) is 19.7. The molecule has 0 heterocycles. The number of carbonyl (C=O) groups is 3. The summed E-state index contributed by atoms with van der Waals surface area (Å²) in [5.74, 6) is -1.47. The Morgan fingerprint density at radius 3 is 2.26 bits per heavy atom. The number of benzene rings is 2. The molecule has 0 aromatic heterocycles. The molecule has 34 heavy (non-hydrogen) atoms. The van der Waals surface area contributed by atoms with E-state index in [2.05, 4.69) is 29.6 Å². The van der Waals surface area contributed by atoms with E-state index in [1.165, 1.54) is 23.0 Å². The van der Waals surface area contributed by atoms with E-state index >= 15 is 0 Å². The van der Waals surface area contributed by atoms with E-state index in [1.54, 1.807) is 6.92 Å². The molecule has 3 atom stereocenters. The topological polar surface area (TPSA) is 95.9 Å². The Morgan fingerprint density at radius 1 is 1.06 bits per heavy atom. The van der Waals surface area contributed by atoms with Crippen molar-refractivity contribution in [1.29, 1.82) is 0 Å². The lowest BCUT2D eigenvalue weighted by Gasteiger charge is -2.34. The molecule has 3 unspecified atom stereocenters. The van der Waals surface area contributed by atoms with Gasteiger partial charge in [-0.1, -0.05) is 55.0 Å². The van der Waals surface area contributed by atoms with Crippen molar-refractivity contribution in [3.05, 3.63) is 59.7 Å². The molecule has 2 aliphatic rings. The molecule has 4 rings (SSSR count). The highest BCUT2D eigenvalue weighted by Gasteiger charge is 2.34. The van der Waals surface area contributed by atoms with Gasteiger partial charge in [-0.3, -0.25) is 4.79 Å². The Balaban J connectivity index is 1.35. The van der Waals surface area contributed by atoms with Crippen LogP contribution in [0.5, 0.6) is 0 Å². The molecular formula is C27H32N2O5. The molecule has 0 saturated heterocycles. The normalized spacial score (nSPS) is 20.1. The van der Waals surface area contributed by atoms with Gasteiger partial charge in [-0.2, -0.15) is 0 Å². The van der Waals surface area contributed by atoms with Gasteiger partial charge >= 0.3 is 12.1 Å². The van der Waals surface area contributed by atoms with E-state index in [-0.39, 0.29) is 30.4 Å². The largest absolute Gasteiger partial charge is 0.480 e. The lowest BCUT2D eigenvalue weighted by atomic mass is 9.84. The predicted octanol–water partition coefficient (Wildman–Crippen LogP) is 4.41. The van der Waals surface area contributed by atoms with E-state index in [1.807, 2.05) is 24.3 Å². The lowest BCUT2D eigenvalue weighted by Crippen LogP contribution is -2.48. The molecule has 2 aromatic rings. The third-order valence-electron chi connectivity index (χ3n) is 7.14. The Kier molecular flexibility index (Phi) is 7.20. The minimum Gasteiger partial charge on any atom is -0.480 e. The molecule has 0 spiro atoms. The quantitative estimate of drug-likeness (QED) is 0.633. The van der Waals surface area contributed by atoms with E-state index in [4.69, 9.17) is 4.74 Å². The maximum Gasteiger partial charge on any atom is 0.407 e. The second-order valence-corrected chi connectivity index (χ2v) is 9.17. The number of ether oxygens (including phenoxy) is 1. The smallest absolute Gasteiger partial charge is 0.407 e. The highest BCUT2D eigenvalue weighted by molar-refractivity contribution is 5.85. The summed E-state index contributed by atoms with van der Waals surface area (Å²) in [6.07, 6.45) is 2.28. The number of carboxylic acids is 1.